The van der Waals surface area contributed by atoms with E-state index in [1.54, 1.807) is 12.1 Å². The molecule has 27 heavy (non-hydrogen) atoms. The van der Waals surface area contributed by atoms with Crippen LogP contribution in [0.5, 0.6) is 0 Å². The smallest absolute Gasteiger partial charge is 0.273 e. The Kier molecular flexibility index (Phi) is 4.36. The SMILES string of the molecule is Cc1cc(C(=O)N/N=C2\CCc3ccccc32)c(C)n1-c1ccc(F)cc1. The molecule has 4 nitrogen and oxygen atoms in total. The van der Waals surface area contributed by atoms with E-state index in [9.17, 15) is 9.18 Å². The summed E-state index contributed by atoms with van der Waals surface area (Å²) in [5, 5.41) is 4.36. The number of aryl methyl sites for hydroxylation is 2. The van der Waals surface area contributed by atoms with Gasteiger partial charge in [0.25, 0.3) is 5.91 Å². The fourth-order valence-corrected chi connectivity index (χ4v) is 3.68. The van der Waals surface area contributed by atoms with Gasteiger partial charge in [0.15, 0.2) is 0 Å². The highest BCUT2D eigenvalue weighted by Crippen LogP contribution is 2.23. The van der Waals surface area contributed by atoms with Crippen molar-refractivity contribution in [1.82, 2.24) is 9.99 Å². The molecule has 0 radical (unpaired) electrons. The molecular weight excluding hydrogens is 341 g/mol. The molecule has 0 fully saturated rings. The number of nitrogens with one attached hydrogen (secondary N) is 1. The topological polar surface area (TPSA) is 46.4 Å². The third kappa shape index (κ3) is 3.16. The average molecular weight is 361 g/mol. The largest absolute Gasteiger partial charge is 0.318 e. The first-order valence-corrected chi connectivity index (χ1v) is 8.94. The van der Waals surface area contributed by atoms with Gasteiger partial charge in [-0.3, -0.25) is 4.79 Å². The molecule has 1 heterocycles. The summed E-state index contributed by atoms with van der Waals surface area (Å²) in [5.74, 6) is -0.528. The van der Waals surface area contributed by atoms with E-state index in [0.29, 0.717) is 5.56 Å². The first-order chi connectivity index (χ1) is 13.0. The predicted molar refractivity (Wildman–Crippen MR) is 104 cm³/mol. The molecule has 1 aliphatic rings. The van der Waals surface area contributed by atoms with Crippen LogP contribution in [-0.2, 0) is 6.42 Å². The van der Waals surface area contributed by atoms with Gasteiger partial charge in [-0.05, 0) is 62.6 Å². The van der Waals surface area contributed by atoms with Crippen molar-refractivity contribution in [2.45, 2.75) is 26.7 Å². The van der Waals surface area contributed by atoms with E-state index in [4.69, 9.17) is 0 Å². The van der Waals surface area contributed by atoms with Gasteiger partial charge in [0, 0.05) is 22.6 Å². The standard InChI is InChI=1S/C22H20FN3O/c1-14-13-20(15(2)26(14)18-10-8-17(23)9-11-18)22(27)25-24-21-12-7-16-5-3-4-6-19(16)21/h3-6,8-11,13H,7,12H2,1-2H3,(H,25,27)/b24-21+. The summed E-state index contributed by atoms with van der Waals surface area (Å²) < 4.78 is 15.1. The summed E-state index contributed by atoms with van der Waals surface area (Å²) in [6.07, 6.45) is 1.78. The number of hydrogen-bond donors (Lipinski definition) is 1. The Balaban J connectivity index is 1.59. The lowest BCUT2D eigenvalue weighted by atomic mass is 10.1. The highest BCUT2D eigenvalue weighted by molar-refractivity contribution is 6.05. The molecule has 0 saturated carbocycles. The Morgan fingerprint density at radius 1 is 1.07 bits per heavy atom. The Morgan fingerprint density at radius 2 is 1.81 bits per heavy atom. The van der Waals surface area contributed by atoms with E-state index in [0.717, 1.165) is 41.2 Å². The third-order valence-electron chi connectivity index (χ3n) is 5.01. The van der Waals surface area contributed by atoms with Crippen LogP contribution in [0.25, 0.3) is 5.69 Å². The fourth-order valence-electron chi connectivity index (χ4n) is 3.68. The Bertz CT molecular complexity index is 1050. The maximum Gasteiger partial charge on any atom is 0.273 e. The van der Waals surface area contributed by atoms with E-state index < -0.39 is 0 Å². The van der Waals surface area contributed by atoms with Crippen molar-refractivity contribution in [3.8, 4) is 5.69 Å². The van der Waals surface area contributed by atoms with Crippen LogP contribution in [0.1, 0.15) is 39.3 Å². The lowest BCUT2D eigenvalue weighted by molar-refractivity contribution is 0.0954. The molecule has 1 N–H and O–H groups in total. The highest BCUT2D eigenvalue weighted by Gasteiger charge is 2.19. The van der Waals surface area contributed by atoms with Crippen molar-refractivity contribution in [1.29, 1.82) is 0 Å². The number of halogens is 1. The monoisotopic (exact) mass is 361 g/mol. The lowest BCUT2D eigenvalue weighted by Gasteiger charge is -2.09. The first-order valence-electron chi connectivity index (χ1n) is 8.94. The number of fused-ring (bicyclic) bond motifs is 1. The molecule has 136 valence electrons. The van der Waals surface area contributed by atoms with Crippen LogP contribution in [0, 0.1) is 19.7 Å². The molecule has 3 aromatic rings. The van der Waals surface area contributed by atoms with Crippen molar-refractivity contribution in [3.63, 3.8) is 0 Å². The van der Waals surface area contributed by atoms with Crippen molar-refractivity contribution in [2.24, 2.45) is 5.10 Å². The molecule has 5 heteroatoms. The maximum absolute atomic E-state index is 13.2. The number of benzene rings is 2. The summed E-state index contributed by atoms with van der Waals surface area (Å²) in [4.78, 5) is 12.7. The van der Waals surface area contributed by atoms with Crippen LogP contribution in [-0.4, -0.2) is 16.2 Å². The van der Waals surface area contributed by atoms with Gasteiger partial charge in [-0.15, -0.1) is 0 Å². The van der Waals surface area contributed by atoms with Crippen LogP contribution >= 0.6 is 0 Å². The van der Waals surface area contributed by atoms with Gasteiger partial charge in [0.1, 0.15) is 5.82 Å². The molecule has 0 atom stereocenters. The number of hydrazone groups is 1. The number of nitrogens with zero attached hydrogens (tertiary/aromatic N) is 2. The molecule has 0 saturated heterocycles. The van der Waals surface area contributed by atoms with Gasteiger partial charge in [-0.2, -0.15) is 5.10 Å². The molecule has 1 amide bonds. The number of carbonyl (C=O) groups excluding carboxylic acids is 1. The van der Waals surface area contributed by atoms with Crippen molar-refractivity contribution < 1.29 is 9.18 Å². The minimum atomic E-state index is -0.285. The minimum absolute atomic E-state index is 0.242. The summed E-state index contributed by atoms with van der Waals surface area (Å²) >= 11 is 0. The van der Waals surface area contributed by atoms with Gasteiger partial charge in [0.05, 0.1) is 11.3 Å². The molecule has 4 rings (SSSR count). The maximum atomic E-state index is 13.2. The number of carbonyl (C=O) groups is 1. The van der Waals surface area contributed by atoms with Crippen molar-refractivity contribution >= 4 is 11.6 Å². The normalized spacial score (nSPS) is 14.4. The molecule has 1 aliphatic carbocycles. The van der Waals surface area contributed by atoms with Crippen LogP contribution in [0.3, 0.4) is 0 Å². The molecular formula is C22H20FN3O. The second kappa shape index (κ2) is 6.83. The molecule has 0 spiro atoms. The summed E-state index contributed by atoms with van der Waals surface area (Å²) in [6.45, 7) is 3.80. The molecule has 2 aromatic carbocycles. The van der Waals surface area contributed by atoms with Crippen LogP contribution < -0.4 is 5.43 Å². The van der Waals surface area contributed by atoms with Gasteiger partial charge in [-0.1, -0.05) is 24.3 Å². The number of amides is 1. The highest BCUT2D eigenvalue weighted by atomic mass is 19.1. The first kappa shape index (κ1) is 17.2. The zero-order valence-corrected chi connectivity index (χ0v) is 15.3. The molecule has 1 aromatic heterocycles. The Hall–Kier alpha value is -3.21. The average Bonchev–Trinajstić information content (AvgIpc) is 3.21. The zero-order valence-electron chi connectivity index (χ0n) is 15.3. The van der Waals surface area contributed by atoms with E-state index in [-0.39, 0.29) is 11.7 Å². The van der Waals surface area contributed by atoms with Gasteiger partial charge in [-0.25, -0.2) is 9.82 Å². The number of hydrogen-bond acceptors (Lipinski definition) is 2. The summed E-state index contributed by atoms with van der Waals surface area (Å²) in [6, 6.07) is 16.2. The summed E-state index contributed by atoms with van der Waals surface area (Å²) in [5.41, 5.74) is 9.06. The van der Waals surface area contributed by atoms with Crippen molar-refractivity contribution in [2.75, 3.05) is 0 Å². The second-order valence-electron chi connectivity index (χ2n) is 6.75. The van der Waals surface area contributed by atoms with E-state index >= 15 is 0 Å². The zero-order chi connectivity index (χ0) is 19.0. The van der Waals surface area contributed by atoms with Crippen LogP contribution in [0.15, 0.2) is 59.7 Å². The Labute approximate surface area is 157 Å². The van der Waals surface area contributed by atoms with Crippen LogP contribution in [0.2, 0.25) is 0 Å². The predicted octanol–water partition coefficient (Wildman–Crippen LogP) is 4.31. The Morgan fingerprint density at radius 3 is 2.59 bits per heavy atom. The number of rotatable bonds is 3. The quantitative estimate of drug-likeness (QED) is 0.694. The third-order valence-corrected chi connectivity index (χ3v) is 5.01. The van der Waals surface area contributed by atoms with Gasteiger partial charge < -0.3 is 4.57 Å². The van der Waals surface area contributed by atoms with Crippen LogP contribution in [0.4, 0.5) is 4.39 Å². The number of aromatic nitrogens is 1. The summed E-state index contributed by atoms with van der Waals surface area (Å²) in [7, 11) is 0. The lowest BCUT2D eigenvalue weighted by Crippen LogP contribution is -2.20. The van der Waals surface area contributed by atoms with E-state index in [1.807, 2.05) is 42.7 Å². The molecule has 0 unspecified atom stereocenters. The minimum Gasteiger partial charge on any atom is -0.318 e. The molecule has 0 aliphatic heterocycles. The fraction of sp³-hybridized carbons (Fsp3) is 0.182. The second-order valence-corrected chi connectivity index (χ2v) is 6.75. The van der Waals surface area contributed by atoms with Crippen molar-refractivity contribution in [3.05, 3.63) is 88.5 Å². The van der Waals surface area contributed by atoms with Gasteiger partial charge >= 0.3 is 0 Å². The van der Waals surface area contributed by atoms with Gasteiger partial charge in [0.2, 0.25) is 0 Å². The van der Waals surface area contributed by atoms with E-state index in [1.165, 1.54) is 17.7 Å². The molecule has 0 bridgehead atoms. The van der Waals surface area contributed by atoms with E-state index in [2.05, 4.69) is 16.6 Å².